The molecule has 1 aromatic heterocycles. The third kappa shape index (κ3) is 1.56. The van der Waals surface area contributed by atoms with Crippen molar-refractivity contribution in [2.75, 3.05) is 0 Å². The smallest absolute Gasteiger partial charge is 0.294 e. The number of aromatic nitrogens is 1. The molecule has 0 unspecified atom stereocenters. The zero-order chi connectivity index (χ0) is 11.7. The predicted octanol–water partition coefficient (Wildman–Crippen LogP) is 1.83. The summed E-state index contributed by atoms with van der Waals surface area (Å²) in [5.74, 6) is 0. The van der Waals surface area contributed by atoms with Crippen molar-refractivity contribution >= 4 is 22.9 Å². The van der Waals surface area contributed by atoms with E-state index in [-0.39, 0.29) is 5.69 Å². The molecule has 0 saturated heterocycles. The van der Waals surface area contributed by atoms with Gasteiger partial charge in [0.15, 0.2) is 0 Å². The van der Waals surface area contributed by atoms with Gasteiger partial charge in [-0.05, 0) is 17.7 Å². The van der Waals surface area contributed by atoms with Crippen molar-refractivity contribution in [2.45, 2.75) is 6.42 Å². The zero-order valence-corrected chi connectivity index (χ0v) is 8.71. The van der Waals surface area contributed by atoms with Crippen molar-refractivity contribution in [1.29, 1.82) is 0 Å². The second kappa shape index (κ2) is 3.77. The Morgan fingerprint density at radius 1 is 1.50 bits per heavy atom. The number of benzene rings is 1. The highest BCUT2D eigenvalue weighted by atomic mass is 16.6. The Bertz CT molecular complexity index is 572. The molecule has 0 aliphatic carbocycles. The third-order valence-electron chi connectivity index (χ3n) is 2.55. The molecule has 0 bridgehead atoms. The van der Waals surface area contributed by atoms with E-state index in [1.54, 1.807) is 29.8 Å². The van der Waals surface area contributed by atoms with Gasteiger partial charge in [0.2, 0.25) is 0 Å². The quantitative estimate of drug-likeness (QED) is 0.448. The highest BCUT2D eigenvalue weighted by Gasteiger charge is 2.15. The molecule has 16 heavy (non-hydrogen) atoms. The minimum Gasteiger partial charge on any atom is -0.344 e. The summed E-state index contributed by atoms with van der Waals surface area (Å²) in [5, 5.41) is 11.4. The van der Waals surface area contributed by atoms with E-state index in [1.165, 1.54) is 6.20 Å². The lowest BCUT2D eigenvalue weighted by Gasteiger charge is -1.98. The van der Waals surface area contributed by atoms with Crippen LogP contribution in [0.5, 0.6) is 0 Å². The first-order chi connectivity index (χ1) is 7.63. The molecule has 0 atom stereocenters. The van der Waals surface area contributed by atoms with Gasteiger partial charge in [-0.15, -0.1) is 0 Å². The number of hydrogen-bond donors (Lipinski definition) is 0. The Kier molecular flexibility index (Phi) is 2.44. The fourth-order valence-corrected chi connectivity index (χ4v) is 1.78. The first kappa shape index (κ1) is 10.4. The van der Waals surface area contributed by atoms with Crippen LogP contribution in [0.2, 0.25) is 0 Å². The number of nitro groups is 1. The largest absolute Gasteiger partial charge is 0.344 e. The minimum atomic E-state index is -0.401. The van der Waals surface area contributed by atoms with E-state index in [0.29, 0.717) is 11.8 Å². The Morgan fingerprint density at radius 3 is 2.88 bits per heavy atom. The highest BCUT2D eigenvalue weighted by molar-refractivity contribution is 5.90. The SMILES string of the molecule is Cn1cc([N+](=O)[O-])c2ccc(CC=O)cc21. The van der Waals surface area contributed by atoms with E-state index >= 15 is 0 Å². The highest BCUT2D eigenvalue weighted by Crippen LogP contribution is 2.27. The molecular formula is C11H10N2O3. The van der Waals surface area contributed by atoms with E-state index < -0.39 is 4.92 Å². The van der Waals surface area contributed by atoms with Crippen molar-refractivity contribution in [2.24, 2.45) is 7.05 Å². The molecule has 5 nitrogen and oxygen atoms in total. The van der Waals surface area contributed by atoms with Crippen LogP contribution >= 0.6 is 0 Å². The summed E-state index contributed by atoms with van der Waals surface area (Å²) in [6.07, 6.45) is 2.63. The van der Waals surface area contributed by atoms with Crippen LogP contribution < -0.4 is 0 Å². The molecule has 0 N–H and O–H groups in total. The van der Waals surface area contributed by atoms with Gasteiger partial charge in [0, 0.05) is 13.5 Å². The van der Waals surface area contributed by atoms with Gasteiger partial charge < -0.3 is 9.36 Å². The summed E-state index contributed by atoms with van der Waals surface area (Å²) >= 11 is 0. The normalized spacial score (nSPS) is 10.6. The van der Waals surface area contributed by atoms with Crippen LogP contribution in [-0.4, -0.2) is 15.8 Å². The number of carbonyl (C=O) groups is 1. The molecule has 0 saturated carbocycles. The fraction of sp³-hybridized carbons (Fsp3) is 0.182. The summed E-state index contributed by atoms with van der Waals surface area (Å²) in [7, 11) is 1.75. The van der Waals surface area contributed by atoms with E-state index in [1.807, 2.05) is 0 Å². The van der Waals surface area contributed by atoms with Crippen molar-refractivity contribution < 1.29 is 9.72 Å². The molecule has 0 aliphatic rings. The minimum absolute atomic E-state index is 0.0927. The van der Waals surface area contributed by atoms with Gasteiger partial charge in [0.05, 0.1) is 22.0 Å². The molecule has 82 valence electrons. The lowest BCUT2D eigenvalue weighted by Crippen LogP contribution is -1.88. The number of nitrogens with zero attached hydrogens (tertiary/aromatic N) is 2. The molecule has 2 aromatic rings. The summed E-state index contributed by atoms with van der Waals surface area (Å²) in [6, 6.07) is 5.23. The van der Waals surface area contributed by atoms with Crippen LogP contribution in [0.25, 0.3) is 10.9 Å². The molecule has 1 aromatic carbocycles. The van der Waals surface area contributed by atoms with Gasteiger partial charge in [-0.25, -0.2) is 0 Å². The first-order valence-corrected chi connectivity index (χ1v) is 4.79. The van der Waals surface area contributed by atoms with Crippen molar-refractivity contribution in [3.05, 3.63) is 40.1 Å². The second-order valence-corrected chi connectivity index (χ2v) is 3.60. The molecule has 0 spiro atoms. The number of carbonyl (C=O) groups excluding carboxylic acids is 1. The molecule has 5 heteroatoms. The Hall–Kier alpha value is -2.17. The van der Waals surface area contributed by atoms with Gasteiger partial charge in [0.1, 0.15) is 6.29 Å². The second-order valence-electron chi connectivity index (χ2n) is 3.60. The van der Waals surface area contributed by atoms with Crippen LogP contribution in [0, 0.1) is 10.1 Å². The maximum absolute atomic E-state index is 10.8. The summed E-state index contributed by atoms with van der Waals surface area (Å²) in [4.78, 5) is 20.8. The topological polar surface area (TPSA) is 65.1 Å². The predicted molar refractivity (Wildman–Crippen MR) is 59.3 cm³/mol. The molecule has 0 aliphatic heterocycles. The number of fused-ring (bicyclic) bond motifs is 1. The van der Waals surface area contributed by atoms with Crippen LogP contribution in [-0.2, 0) is 18.3 Å². The average Bonchev–Trinajstić information content (AvgIpc) is 2.57. The summed E-state index contributed by atoms with van der Waals surface area (Å²) < 4.78 is 1.70. The van der Waals surface area contributed by atoms with Crippen molar-refractivity contribution in [1.82, 2.24) is 4.57 Å². The number of aldehydes is 1. The Labute approximate surface area is 91.4 Å². The van der Waals surface area contributed by atoms with Gasteiger partial charge in [-0.3, -0.25) is 10.1 Å². The van der Waals surface area contributed by atoms with E-state index in [2.05, 4.69) is 0 Å². The lowest BCUT2D eigenvalue weighted by atomic mass is 10.1. The summed E-state index contributed by atoms with van der Waals surface area (Å²) in [5.41, 5.74) is 1.72. The molecular weight excluding hydrogens is 208 g/mol. The summed E-state index contributed by atoms with van der Waals surface area (Å²) in [6.45, 7) is 0. The number of aryl methyl sites for hydroxylation is 1. The monoisotopic (exact) mass is 218 g/mol. The van der Waals surface area contributed by atoms with E-state index in [9.17, 15) is 14.9 Å². The van der Waals surface area contributed by atoms with Crippen LogP contribution in [0.15, 0.2) is 24.4 Å². The van der Waals surface area contributed by atoms with Gasteiger partial charge in [-0.2, -0.15) is 0 Å². The maximum atomic E-state index is 10.8. The third-order valence-corrected chi connectivity index (χ3v) is 2.55. The van der Waals surface area contributed by atoms with Gasteiger partial charge in [-0.1, -0.05) is 6.07 Å². The van der Waals surface area contributed by atoms with Gasteiger partial charge >= 0.3 is 0 Å². The van der Waals surface area contributed by atoms with E-state index in [4.69, 9.17) is 0 Å². The maximum Gasteiger partial charge on any atom is 0.294 e. The Morgan fingerprint density at radius 2 is 2.25 bits per heavy atom. The molecule has 1 heterocycles. The first-order valence-electron chi connectivity index (χ1n) is 4.79. The average molecular weight is 218 g/mol. The number of rotatable bonds is 3. The van der Waals surface area contributed by atoms with Gasteiger partial charge in [0.25, 0.3) is 5.69 Å². The van der Waals surface area contributed by atoms with Crippen LogP contribution in [0.3, 0.4) is 0 Å². The zero-order valence-electron chi connectivity index (χ0n) is 8.71. The van der Waals surface area contributed by atoms with Crippen molar-refractivity contribution in [3.8, 4) is 0 Å². The molecule has 0 amide bonds. The number of hydrogen-bond acceptors (Lipinski definition) is 3. The van der Waals surface area contributed by atoms with Crippen LogP contribution in [0.1, 0.15) is 5.56 Å². The fourth-order valence-electron chi connectivity index (χ4n) is 1.78. The lowest BCUT2D eigenvalue weighted by molar-refractivity contribution is -0.383. The standard InChI is InChI=1S/C11H10N2O3/c1-12-7-11(13(15)16)9-3-2-8(4-5-14)6-10(9)12/h2-3,5-7H,4H2,1H3. The Balaban J connectivity index is 2.66. The van der Waals surface area contributed by atoms with Crippen molar-refractivity contribution in [3.63, 3.8) is 0 Å². The van der Waals surface area contributed by atoms with Crippen LogP contribution in [0.4, 0.5) is 5.69 Å². The molecule has 2 rings (SSSR count). The van der Waals surface area contributed by atoms with E-state index in [0.717, 1.165) is 17.4 Å². The molecule has 0 radical (unpaired) electrons. The molecule has 0 fully saturated rings.